The molecule has 150 valence electrons. The van der Waals surface area contributed by atoms with Gasteiger partial charge in [-0.05, 0) is 37.3 Å². The molecule has 3 rings (SSSR count). The molecule has 0 aliphatic rings. The lowest BCUT2D eigenvalue weighted by Gasteiger charge is -2.15. The number of carboxylic acid groups (broad SMARTS) is 1. The third-order valence-electron chi connectivity index (χ3n) is 4.52. The van der Waals surface area contributed by atoms with E-state index in [-0.39, 0.29) is 29.1 Å². The number of ether oxygens (including phenoxy) is 1. The lowest BCUT2D eigenvalue weighted by Crippen LogP contribution is -2.20. The summed E-state index contributed by atoms with van der Waals surface area (Å²) in [5.41, 5.74) is 0.718. The van der Waals surface area contributed by atoms with Crippen molar-refractivity contribution in [2.24, 2.45) is 0 Å². The van der Waals surface area contributed by atoms with Crippen LogP contribution in [-0.4, -0.2) is 34.2 Å². The molecule has 0 saturated heterocycles. The molecule has 1 atom stereocenters. The zero-order valence-corrected chi connectivity index (χ0v) is 15.8. The number of hydrogen-bond donors (Lipinski definition) is 3. The fourth-order valence-electron chi connectivity index (χ4n) is 3.09. The Labute approximate surface area is 165 Å². The molecule has 3 N–H and O–H groups in total. The summed E-state index contributed by atoms with van der Waals surface area (Å²) in [6, 6.07) is 10.7. The van der Waals surface area contributed by atoms with Crippen LogP contribution < -0.4 is 5.56 Å². The molecule has 0 spiro atoms. The van der Waals surface area contributed by atoms with Crippen LogP contribution in [0.5, 0.6) is 5.75 Å². The Hall–Kier alpha value is -3.81. The molecule has 0 saturated carbocycles. The van der Waals surface area contributed by atoms with Crippen molar-refractivity contribution in [1.82, 2.24) is 4.98 Å². The number of H-pyrrole nitrogens is 1. The molecule has 2 heterocycles. The van der Waals surface area contributed by atoms with Gasteiger partial charge >= 0.3 is 11.9 Å². The number of hydrogen-bond acceptors (Lipinski definition) is 6. The number of furan rings is 1. The summed E-state index contributed by atoms with van der Waals surface area (Å²) in [5, 5.41) is 19.3. The number of nitrogens with one attached hydrogen (secondary N) is 1. The number of carbonyl (C=O) groups excluding carboxylic acids is 1. The first kappa shape index (κ1) is 19.9. The van der Waals surface area contributed by atoms with Crippen LogP contribution in [0.1, 0.15) is 39.7 Å². The fourth-order valence-corrected chi connectivity index (χ4v) is 3.09. The fraction of sp³-hybridized carbons (Fsp3) is 0.190. The minimum absolute atomic E-state index is 0.00289. The predicted molar refractivity (Wildman–Crippen MR) is 103 cm³/mol. The number of aromatic hydroxyl groups is 1. The molecule has 8 nitrogen and oxygen atoms in total. The van der Waals surface area contributed by atoms with Crippen LogP contribution in [0, 0.1) is 6.92 Å². The molecule has 3 aromatic rings. The summed E-state index contributed by atoms with van der Waals surface area (Å²) in [5.74, 6) is -2.00. The number of aryl methyl sites for hydroxylation is 1. The van der Waals surface area contributed by atoms with Gasteiger partial charge in [-0.2, -0.15) is 0 Å². The Morgan fingerprint density at radius 3 is 2.45 bits per heavy atom. The van der Waals surface area contributed by atoms with E-state index in [0.717, 1.165) is 0 Å². The van der Waals surface area contributed by atoms with E-state index in [1.165, 1.54) is 25.3 Å². The summed E-state index contributed by atoms with van der Waals surface area (Å²) >= 11 is 0. The second-order valence-corrected chi connectivity index (χ2v) is 6.50. The number of rotatable bonds is 6. The van der Waals surface area contributed by atoms with E-state index < -0.39 is 23.4 Å². The third kappa shape index (κ3) is 4.21. The summed E-state index contributed by atoms with van der Waals surface area (Å²) in [4.78, 5) is 38.0. The predicted octanol–water partition coefficient (Wildman–Crippen LogP) is 3.04. The first-order valence-corrected chi connectivity index (χ1v) is 8.73. The number of aromatic nitrogens is 1. The van der Waals surface area contributed by atoms with Gasteiger partial charge in [-0.1, -0.05) is 12.1 Å². The number of aromatic carboxylic acids is 1. The van der Waals surface area contributed by atoms with Gasteiger partial charge in [-0.3, -0.25) is 9.59 Å². The van der Waals surface area contributed by atoms with Crippen molar-refractivity contribution in [3.63, 3.8) is 0 Å². The second kappa shape index (κ2) is 8.05. The van der Waals surface area contributed by atoms with Gasteiger partial charge in [0.15, 0.2) is 0 Å². The lowest BCUT2D eigenvalue weighted by atomic mass is 9.93. The molecule has 8 heteroatoms. The normalized spacial score (nSPS) is 11.8. The topological polar surface area (TPSA) is 130 Å². The minimum atomic E-state index is -1.04. The van der Waals surface area contributed by atoms with Crippen molar-refractivity contribution in [2.75, 3.05) is 7.11 Å². The van der Waals surface area contributed by atoms with Crippen molar-refractivity contribution in [3.8, 4) is 17.1 Å². The highest BCUT2D eigenvalue weighted by molar-refractivity contribution is 5.88. The van der Waals surface area contributed by atoms with Crippen molar-refractivity contribution >= 4 is 11.9 Å². The number of carboxylic acids is 1. The van der Waals surface area contributed by atoms with Crippen LogP contribution >= 0.6 is 0 Å². The van der Waals surface area contributed by atoms with Crippen molar-refractivity contribution < 1.29 is 29.0 Å². The Morgan fingerprint density at radius 1 is 1.17 bits per heavy atom. The standard InChI is InChI=1S/C21H19NO7/c1-11-9-15(23)19(20(25)22-11)14(10-18(24)28-2)17-8-7-16(29-17)12-3-5-13(6-4-12)21(26)27/h3-9,14H,10H2,1-2H3,(H,26,27)(H2,22,23,25)/t14-/m1/s1. The van der Waals surface area contributed by atoms with Gasteiger partial charge in [0.1, 0.15) is 17.3 Å². The van der Waals surface area contributed by atoms with Crippen LogP contribution in [0.15, 0.2) is 51.7 Å². The molecule has 0 radical (unpaired) electrons. The van der Waals surface area contributed by atoms with Crippen LogP contribution in [-0.2, 0) is 9.53 Å². The van der Waals surface area contributed by atoms with Gasteiger partial charge in [0.2, 0.25) is 0 Å². The summed E-state index contributed by atoms with van der Waals surface area (Å²) in [6.07, 6.45) is -0.207. The maximum atomic E-state index is 12.5. The number of esters is 1. The highest BCUT2D eigenvalue weighted by Crippen LogP contribution is 2.35. The van der Waals surface area contributed by atoms with E-state index in [1.54, 1.807) is 31.2 Å². The Morgan fingerprint density at radius 2 is 1.86 bits per heavy atom. The molecule has 0 bridgehead atoms. The largest absolute Gasteiger partial charge is 0.507 e. The van der Waals surface area contributed by atoms with Crippen LogP contribution in [0.25, 0.3) is 11.3 Å². The van der Waals surface area contributed by atoms with E-state index in [4.69, 9.17) is 14.3 Å². The molecule has 0 aliphatic carbocycles. The average Bonchev–Trinajstić information content (AvgIpc) is 3.16. The zero-order chi connectivity index (χ0) is 21.1. The number of benzene rings is 1. The SMILES string of the molecule is COC(=O)C[C@H](c1ccc(-c2ccc(C(=O)O)cc2)o1)c1c(O)cc(C)[nH]c1=O. The quantitative estimate of drug-likeness (QED) is 0.545. The third-order valence-corrected chi connectivity index (χ3v) is 4.52. The smallest absolute Gasteiger partial charge is 0.335 e. The molecule has 0 fully saturated rings. The molecule has 1 aromatic carbocycles. The van der Waals surface area contributed by atoms with Crippen LogP contribution in [0.3, 0.4) is 0 Å². The van der Waals surface area contributed by atoms with E-state index >= 15 is 0 Å². The van der Waals surface area contributed by atoms with Gasteiger partial charge in [0, 0.05) is 11.3 Å². The maximum absolute atomic E-state index is 12.5. The van der Waals surface area contributed by atoms with E-state index in [0.29, 0.717) is 17.0 Å². The van der Waals surface area contributed by atoms with E-state index in [2.05, 4.69) is 4.98 Å². The van der Waals surface area contributed by atoms with E-state index in [1.807, 2.05) is 0 Å². The Balaban J connectivity index is 2.03. The van der Waals surface area contributed by atoms with Crippen molar-refractivity contribution in [1.29, 1.82) is 0 Å². The Kier molecular flexibility index (Phi) is 5.54. The molecular weight excluding hydrogens is 378 g/mol. The summed E-state index contributed by atoms with van der Waals surface area (Å²) < 4.78 is 10.6. The monoisotopic (exact) mass is 397 g/mol. The maximum Gasteiger partial charge on any atom is 0.335 e. The van der Waals surface area contributed by atoms with Gasteiger partial charge in [-0.15, -0.1) is 0 Å². The molecule has 0 aliphatic heterocycles. The number of aromatic amines is 1. The van der Waals surface area contributed by atoms with Crippen molar-refractivity contribution in [2.45, 2.75) is 19.3 Å². The van der Waals surface area contributed by atoms with Gasteiger partial charge in [0.05, 0.1) is 30.6 Å². The first-order valence-electron chi connectivity index (χ1n) is 8.73. The number of pyridine rings is 1. The average molecular weight is 397 g/mol. The molecule has 29 heavy (non-hydrogen) atoms. The van der Waals surface area contributed by atoms with E-state index in [9.17, 15) is 19.5 Å². The molecular formula is C21H19NO7. The molecule has 0 unspecified atom stereocenters. The second-order valence-electron chi connectivity index (χ2n) is 6.50. The van der Waals surface area contributed by atoms with Crippen molar-refractivity contribution in [3.05, 3.63) is 75.4 Å². The van der Waals surface area contributed by atoms with Gasteiger partial charge < -0.3 is 24.4 Å². The van der Waals surface area contributed by atoms with Crippen LogP contribution in [0.2, 0.25) is 0 Å². The molecule has 2 aromatic heterocycles. The summed E-state index contributed by atoms with van der Waals surface area (Å²) in [7, 11) is 1.23. The minimum Gasteiger partial charge on any atom is -0.507 e. The zero-order valence-electron chi connectivity index (χ0n) is 15.8. The number of methoxy groups -OCH3 is 1. The van der Waals surface area contributed by atoms with Gasteiger partial charge in [0.25, 0.3) is 5.56 Å². The highest BCUT2D eigenvalue weighted by Gasteiger charge is 2.28. The summed E-state index contributed by atoms with van der Waals surface area (Å²) in [6.45, 7) is 1.63. The van der Waals surface area contributed by atoms with Gasteiger partial charge in [-0.25, -0.2) is 4.79 Å². The first-order chi connectivity index (χ1) is 13.8. The molecule has 0 amide bonds. The lowest BCUT2D eigenvalue weighted by molar-refractivity contribution is -0.140. The highest BCUT2D eigenvalue weighted by atomic mass is 16.5. The van der Waals surface area contributed by atoms with Crippen LogP contribution in [0.4, 0.5) is 0 Å². The number of carbonyl (C=O) groups is 2. The Bertz CT molecular complexity index is 1110.